The molecule has 0 spiro atoms. The van der Waals surface area contributed by atoms with Crippen LogP contribution in [-0.2, 0) is 0 Å². The number of azide groups is 1. The Hall–Kier alpha value is -1.82. The maximum Gasteiger partial charge on any atom is 0.146 e. The standard InChI is InChI=1S/C11H15FN4O2/c1-6-4-9(13)8(12)5-7(6)11(18)10(17)2-3-15-16-14/h4-5,10-11,17-18H,2-3,13H2,1H3. The SMILES string of the molecule is Cc1cc(N)c(F)cc1C(O)C(O)CCN=[N+]=[N-]. The van der Waals surface area contributed by atoms with Gasteiger partial charge in [-0.1, -0.05) is 5.11 Å². The molecule has 0 amide bonds. The summed E-state index contributed by atoms with van der Waals surface area (Å²) in [5.41, 5.74) is 14.3. The number of anilines is 1. The van der Waals surface area contributed by atoms with Crippen molar-refractivity contribution < 1.29 is 14.6 Å². The molecule has 0 aliphatic heterocycles. The monoisotopic (exact) mass is 254 g/mol. The van der Waals surface area contributed by atoms with Gasteiger partial charge in [0.2, 0.25) is 0 Å². The summed E-state index contributed by atoms with van der Waals surface area (Å²) in [5, 5.41) is 22.8. The van der Waals surface area contributed by atoms with Gasteiger partial charge in [-0.15, -0.1) is 0 Å². The van der Waals surface area contributed by atoms with Crippen molar-refractivity contribution in [3.05, 3.63) is 39.5 Å². The lowest BCUT2D eigenvalue weighted by Crippen LogP contribution is -2.20. The van der Waals surface area contributed by atoms with Crippen molar-refractivity contribution in [2.75, 3.05) is 12.3 Å². The molecular weight excluding hydrogens is 239 g/mol. The lowest BCUT2D eigenvalue weighted by molar-refractivity contribution is 0.0145. The van der Waals surface area contributed by atoms with Gasteiger partial charge in [-0.25, -0.2) is 4.39 Å². The minimum Gasteiger partial charge on any atom is -0.396 e. The quantitative estimate of drug-likeness (QED) is 0.322. The molecule has 4 N–H and O–H groups in total. The molecule has 1 rings (SSSR count). The van der Waals surface area contributed by atoms with Crippen molar-refractivity contribution in [1.82, 2.24) is 0 Å². The van der Waals surface area contributed by atoms with Crippen LogP contribution in [-0.4, -0.2) is 22.9 Å². The molecule has 1 aromatic carbocycles. The van der Waals surface area contributed by atoms with E-state index >= 15 is 0 Å². The third kappa shape index (κ3) is 3.33. The van der Waals surface area contributed by atoms with Crippen molar-refractivity contribution in [2.45, 2.75) is 25.6 Å². The molecular formula is C11H15FN4O2. The van der Waals surface area contributed by atoms with E-state index in [2.05, 4.69) is 10.0 Å². The Morgan fingerprint density at radius 1 is 1.50 bits per heavy atom. The lowest BCUT2D eigenvalue weighted by atomic mass is 9.97. The average molecular weight is 254 g/mol. The lowest BCUT2D eigenvalue weighted by Gasteiger charge is -2.19. The number of benzene rings is 1. The second-order valence-electron chi connectivity index (χ2n) is 3.99. The number of hydrogen-bond donors (Lipinski definition) is 3. The molecule has 0 aliphatic rings. The maximum atomic E-state index is 13.3. The first-order valence-electron chi connectivity index (χ1n) is 5.40. The van der Waals surface area contributed by atoms with E-state index in [1.807, 2.05) is 0 Å². The number of halogens is 1. The molecule has 0 fully saturated rings. The van der Waals surface area contributed by atoms with Crippen LogP contribution in [0.2, 0.25) is 0 Å². The van der Waals surface area contributed by atoms with Crippen molar-refractivity contribution in [1.29, 1.82) is 0 Å². The van der Waals surface area contributed by atoms with E-state index in [9.17, 15) is 14.6 Å². The topological polar surface area (TPSA) is 115 Å². The second-order valence-corrected chi connectivity index (χ2v) is 3.99. The van der Waals surface area contributed by atoms with Gasteiger partial charge in [0, 0.05) is 11.5 Å². The van der Waals surface area contributed by atoms with E-state index in [1.54, 1.807) is 6.92 Å². The normalized spacial score (nSPS) is 13.8. The number of aryl methyl sites for hydroxylation is 1. The van der Waals surface area contributed by atoms with E-state index in [1.165, 1.54) is 6.07 Å². The van der Waals surface area contributed by atoms with Crippen molar-refractivity contribution >= 4 is 5.69 Å². The molecule has 0 saturated heterocycles. The Morgan fingerprint density at radius 3 is 2.78 bits per heavy atom. The molecule has 2 atom stereocenters. The minimum atomic E-state index is -1.24. The fraction of sp³-hybridized carbons (Fsp3) is 0.455. The molecule has 1 aromatic rings. The average Bonchev–Trinajstić information content (AvgIpc) is 2.33. The first-order chi connectivity index (χ1) is 8.47. The first kappa shape index (κ1) is 14.2. The second kappa shape index (κ2) is 6.20. The van der Waals surface area contributed by atoms with Crippen molar-refractivity contribution in [3.63, 3.8) is 0 Å². The van der Waals surface area contributed by atoms with E-state index in [0.717, 1.165) is 6.07 Å². The summed E-state index contributed by atoms with van der Waals surface area (Å²) in [6, 6.07) is 2.50. The van der Waals surface area contributed by atoms with Gasteiger partial charge in [0.25, 0.3) is 0 Å². The number of nitrogens with two attached hydrogens (primary N) is 1. The van der Waals surface area contributed by atoms with Crippen LogP contribution in [0.15, 0.2) is 17.2 Å². The zero-order valence-corrected chi connectivity index (χ0v) is 9.91. The van der Waals surface area contributed by atoms with Crippen LogP contribution in [0.25, 0.3) is 10.4 Å². The molecule has 0 radical (unpaired) electrons. The Labute approximate surface area is 103 Å². The number of hydrogen-bond acceptors (Lipinski definition) is 4. The van der Waals surface area contributed by atoms with Crippen LogP contribution in [0.4, 0.5) is 10.1 Å². The minimum absolute atomic E-state index is 0.00739. The largest absolute Gasteiger partial charge is 0.396 e. The van der Waals surface area contributed by atoms with Crippen LogP contribution in [0.5, 0.6) is 0 Å². The highest BCUT2D eigenvalue weighted by molar-refractivity contribution is 5.46. The number of aliphatic hydroxyl groups excluding tert-OH is 2. The van der Waals surface area contributed by atoms with Crippen LogP contribution in [0.1, 0.15) is 23.7 Å². The van der Waals surface area contributed by atoms with Gasteiger partial charge in [-0.3, -0.25) is 0 Å². The van der Waals surface area contributed by atoms with Crippen LogP contribution in [0, 0.1) is 12.7 Å². The molecule has 18 heavy (non-hydrogen) atoms. The molecule has 6 nitrogen and oxygen atoms in total. The molecule has 0 heterocycles. The third-order valence-electron chi connectivity index (χ3n) is 2.66. The zero-order chi connectivity index (χ0) is 13.7. The van der Waals surface area contributed by atoms with Crippen molar-refractivity contribution in [3.8, 4) is 0 Å². The van der Waals surface area contributed by atoms with Crippen LogP contribution < -0.4 is 5.73 Å². The van der Waals surface area contributed by atoms with Gasteiger partial charge < -0.3 is 15.9 Å². The summed E-state index contributed by atoms with van der Waals surface area (Å²) in [6.07, 6.45) is -2.28. The highest BCUT2D eigenvalue weighted by Crippen LogP contribution is 2.26. The maximum absolute atomic E-state index is 13.3. The van der Waals surface area contributed by atoms with E-state index in [0.29, 0.717) is 5.56 Å². The predicted molar refractivity (Wildman–Crippen MR) is 65.1 cm³/mol. The fourth-order valence-corrected chi connectivity index (χ4v) is 1.64. The molecule has 0 aliphatic carbocycles. The van der Waals surface area contributed by atoms with Gasteiger partial charge in [0.15, 0.2) is 0 Å². The van der Waals surface area contributed by atoms with E-state index in [-0.39, 0.29) is 24.2 Å². The molecule has 98 valence electrons. The van der Waals surface area contributed by atoms with E-state index in [4.69, 9.17) is 11.3 Å². The Bertz CT molecular complexity index is 474. The van der Waals surface area contributed by atoms with E-state index < -0.39 is 18.0 Å². The molecule has 0 saturated carbocycles. The van der Waals surface area contributed by atoms with Crippen molar-refractivity contribution in [2.24, 2.45) is 5.11 Å². The van der Waals surface area contributed by atoms with Gasteiger partial charge in [-0.2, -0.15) is 0 Å². The summed E-state index contributed by atoms with van der Waals surface area (Å²) in [5.74, 6) is -0.642. The molecule has 0 bridgehead atoms. The van der Waals surface area contributed by atoms with Gasteiger partial charge in [0.05, 0.1) is 11.8 Å². The zero-order valence-electron chi connectivity index (χ0n) is 9.91. The first-order valence-corrected chi connectivity index (χ1v) is 5.40. The predicted octanol–water partition coefficient (Wildman–Crippen LogP) is 1.81. The summed E-state index contributed by atoms with van der Waals surface area (Å²) < 4.78 is 13.3. The Morgan fingerprint density at radius 2 is 2.17 bits per heavy atom. The summed E-state index contributed by atoms with van der Waals surface area (Å²) in [4.78, 5) is 2.54. The number of aliphatic hydroxyl groups is 2. The Balaban J connectivity index is 2.85. The summed E-state index contributed by atoms with van der Waals surface area (Å²) >= 11 is 0. The van der Waals surface area contributed by atoms with Crippen LogP contribution in [0.3, 0.4) is 0 Å². The highest BCUT2D eigenvalue weighted by atomic mass is 19.1. The Kier molecular flexibility index (Phi) is 4.91. The summed E-state index contributed by atoms with van der Waals surface area (Å²) in [6.45, 7) is 1.72. The smallest absolute Gasteiger partial charge is 0.146 e. The van der Waals surface area contributed by atoms with Gasteiger partial charge >= 0.3 is 0 Å². The number of nitrogen functional groups attached to an aromatic ring is 1. The molecule has 2 unspecified atom stereocenters. The molecule has 7 heteroatoms. The third-order valence-corrected chi connectivity index (χ3v) is 2.66. The number of nitrogens with zero attached hydrogens (tertiary/aromatic N) is 3. The fourth-order valence-electron chi connectivity index (χ4n) is 1.64. The van der Waals surface area contributed by atoms with Gasteiger partial charge in [0.1, 0.15) is 11.9 Å². The number of rotatable bonds is 5. The summed E-state index contributed by atoms with van der Waals surface area (Å²) in [7, 11) is 0. The van der Waals surface area contributed by atoms with Gasteiger partial charge in [-0.05, 0) is 42.1 Å². The highest BCUT2D eigenvalue weighted by Gasteiger charge is 2.20. The molecule has 0 aromatic heterocycles. The van der Waals surface area contributed by atoms with Crippen LogP contribution >= 0.6 is 0 Å².